The van der Waals surface area contributed by atoms with Crippen molar-refractivity contribution in [3.8, 4) is 0 Å². The molecule has 0 aliphatic rings. The molecule has 3 aromatic carbocycles. The lowest BCUT2D eigenvalue weighted by atomic mass is 10.0. The Bertz CT molecular complexity index is 1210. The van der Waals surface area contributed by atoms with Gasteiger partial charge in [0.15, 0.2) is 0 Å². The summed E-state index contributed by atoms with van der Waals surface area (Å²) in [4.78, 5) is 29.1. The molecule has 1 N–H and O–H groups in total. The lowest BCUT2D eigenvalue weighted by Gasteiger charge is -2.34. The van der Waals surface area contributed by atoms with Gasteiger partial charge in [0.1, 0.15) is 6.04 Å². The predicted octanol–water partition coefficient (Wildman–Crippen LogP) is 7.09. The first-order valence-corrected chi connectivity index (χ1v) is 14.2. The van der Waals surface area contributed by atoms with Crippen molar-refractivity contribution in [3.05, 3.63) is 105 Å². The Hall–Kier alpha value is -2.47. The van der Waals surface area contributed by atoms with Gasteiger partial charge in [0, 0.05) is 34.3 Å². The van der Waals surface area contributed by atoms with Gasteiger partial charge in [-0.15, -0.1) is 11.8 Å². The van der Waals surface area contributed by atoms with Crippen molar-refractivity contribution in [2.75, 3.05) is 5.75 Å². The van der Waals surface area contributed by atoms with Crippen LogP contribution < -0.4 is 5.32 Å². The Labute approximate surface area is 234 Å². The van der Waals surface area contributed by atoms with Gasteiger partial charge in [-0.25, -0.2) is 0 Å². The summed E-state index contributed by atoms with van der Waals surface area (Å²) in [6.07, 6.45) is 0.425. The van der Waals surface area contributed by atoms with Crippen LogP contribution in [0.2, 0.25) is 10.0 Å². The van der Waals surface area contributed by atoms with E-state index >= 15 is 0 Å². The van der Waals surface area contributed by atoms with Crippen LogP contribution >= 0.6 is 35.0 Å². The number of thioether (sulfide) groups is 1. The summed E-state index contributed by atoms with van der Waals surface area (Å²) in [6.45, 7) is 8.21. The van der Waals surface area contributed by atoms with Crippen molar-refractivity contribution >= 4 is 46.8 Å². The van der Waals surface area contributed by atoms with Crippen molar-refractivity contribution in [1.29, 1.82) is 0 Å². The highest BCUT2D eigenvalue weighted by atomic mass is 35.5. The van der Waals surface area contributed by atoms with Crippen LogP contribution in [0.15, 0.2) is 72.8 Å². The fourth-order valence-electron chi connectivity index (χ4n) is 3.98. The lowest BCUT2D eigenvalue weighted by molar-refractivity contribution is -0.140. The number of halogens is 2. The third-order valence-corrected chi connectivity index (χ3v) is 7.26. The number of carbonyl (C=O) groups excluding carboxylic acids is 2. The summed E-state index contributed by atoms with van der Waals surface area (Å²) in [6, 6.07) is 22.6. The molecule has 4 nitrogen and oxygen atoms in total. The highest BCUT2D eigenvalue weighted by Gasteiger charge is 2.32. The Morgan fingerprint density at radius 3 is 2.30 bits per heavy atom. The molecule has 0 radical (unpaired) electrons. The maximum Gasteiger partial charge on any atom is 0.243 e. The van der Waals surface area contributed by atoms with Crippen LogP contribution in [-0.4, -0.2) is 34.0 Å². The number of nitrogens with zero attached hydrogens (tertiary/aromatic N) is 1. The zero-order valence-corrected chi connectivity index (χ0v) is 24.1. The van der Waals surface area contributed by atoms with E-state index in [1.165, 1.54) is 11.8 Å². The molecular weight excluding hydrogens is 523 g/mol. The molecule has 0 spiro atoms. The molecule has 0 bridgehead atoms. The van der Waals surface area contributed by atoms with Gasteiger partial charge in [0.05, 0.1) is 5.75 Å². The topological polar surface area (TPSA) is 49.4 Å². The van der Waals surface area contributed by atoms with Crippen LogP contribution in [0, 0.1) is 6.92 Å². The van der Waals surface area contributed by atoms with E-state index in [1.54, 1.807) is 17.0 Å². The summed E-state index contributed by atoms with van der Waals surface area (Å²) < 4.78 is 0. The number of benzene rings is 3. The molecule has 3 aromatic rings. The molecule has 7 heteroatoms. The van der Waals surface area contributed by atoms with Crippen molar-refractivity contribution in [1.82, 2.24) is 10.2 Å². The minimum absolute atomic E-state index is 0.0958. The first-order chi connectivity index (χ1) is 17.5. The zero-order chi connectivity index (χ0) is 27.0. The molecule has 1 atom stereocenters. The Morgan fingerprint density at radius 2 is 1.65 bits per heavy atom. The molecule has 3 rings (SSSR count). The second-order valence-corrected chi connectivity index (χ2v) is 12.0. The molecule has 0 heterocycles. The lowest BCUT2D eigenvalue weighted by Crippen LogP contribution is -2.54. The average molecular weight is 558 g/mol. The number of hydrogen-bond donors (Lipinski definition) is 1. The molecule has 0 fully saturated rings. The number of carbonyl (C=O) groups is 2. The largest absolute Gasteiger partial charge is 0.350 e. The standard InChI is InChI=1S/C30H34Cl2N2O2S/c1-21-9-8-12-23(15-21)18-34(28(35)20-37-19-24-13-14-25(31)17-26(24)32)27(29(36)33-30(2,3)4)16-22-10-6-5-7-11-22/h5-15,17,27H,16,18-20H2,1-4H3,(H,33,36)/t27-/m0/s1. The van der Waals surface area contributed by atoms with Gasteiger partial charge in [0.2, 0.25) is 11.8 Å². The molecule has 0 saturated heterocycles. The van der Waals surface area contributed by atoms with E-state index in [0.717, 1.165) is 22.3 Å². The highest BCUT2D eigenvalue weighted by Crippen LogP contribution is 2.25. The second kappa shape index (κ2) is 13.4. The number of nitrogens with one attached hydrogen (secondary N) is 1. The third-order valence-electron chi connectivity index (χ3n) is 5.70. The summed E-state index contributed by atoms with van der Waals surface area (Å²) in [5.41, 5.74) is 3.58. The Kier molecular flexibility index (Phi) is 10.5. The first kappa shape index (κ1) is 29.1. The number of aryl methyl sites for hydroxylation is 1. The van der Waals surface area contributed by atoms with Gasteiger partial charge in [-0.3, -0.25) is 9.59 Å². The number of rotatable bonds is 10. The maximum absolute atomic E-state index is 13.7. The van der Waals surface area contributed by atoms with E-state index in [1.807, 2.05) is 82.3 Å². The summed E-state index contributed by atoms with van der Waals surface area (Å²) in [5.74, 6) is 0.529. The summed E-state index contributed by atoms with van der Waals surface area (Å²) in [5, 5.41) is 4.25. The van der Waals surface area contributed by atoms with Crippen molar-refractivity contribution < 1.29 is 9.59 Å². The van der Waals surface area contributed by atoms with E-state index in [0.29, 0.717) is 28.8 Å². The molecule has 0 aliphatic heterocycles. The number of hydrogen-bond acceptors (Lipinski definition) is 3. The smallest absolute Gasteiger partial charge is 0.243 e. The van der Waals surface area contributed by atoms with E-state index in [-0.39, 0.29) is 17.6 Å². The van der Waals surface area contributed by atoms with Crippen molar-refractivity contribution in [2.45, 2.75) is 58.0 Å². The van der Waals surface area contributed by atoms with Crippen molar-refractivity contribution in [3.63, 3.8) is 0 Å². The summed E-state index contributed by atoms with van der Waals surface area (Å²) >= 11 is 13.8. The van der Waals surface area contributed by atoms with Crippen LogP contribution in [0.25, 0.3) is 0 Å². The summed E-state index contributed by atoms with van der Waals surface area (Å²) in [7, 11) is 0. The first-order valence-electron chi connectivity index (χ1n) is 12.2. The normalized spacial score (nSPS) is 12.2. The maximum atomic E-state index is 13.7. The van der Waals surface area contributed by atoms with Gasteiger partial charge < -0.3 is 10.2 Å². The minimum Gasteiger partial charge on any atom is -0.350 e. The van der Waals surface area contributed by atoms with Gasteiger partial charge in [-0.2, -0.15) is 0 Å². The van der Waals surface area contributed by atoms with E-state index in [4.69, 9.17) is 23.2 Å². The minimum atomic E-state index is -0.658. The predicted molar refractivity (Wildman–Crippen MR) is 156 cm³/mol. The average Bonchev–Trinajstić information content (AvgIpc) is 2.82. The fraction of sp³-hybridized carbons (Fsp3) is 0.333. The molecule has 0 unspecified atom stereocenters. The highest BCUT2D eigenvalue weighted by molar-refractivity contribution is 7.99. The number of amides is 2. The quantitative estimate of drug-likeness (QED) is 0.290. The molecule has 37 heavy (non-hydrogen) atoms. The van der Waals surface area contributed by atoms with E-state index in [9.17, 15) is 9.59 Å². The van der Waals surface area contributed by atoms with E-state index in [2.05, 4.69) is 11.4 Å². The van der Waals surface area contributed by atoms with Gasteiger partial charge in [-0.1, -0.05) is 89.4 Å². The van der Waals surface area contributed by atoms with Crippen LogP contribution in [0.1, 0.15) is 43.0 Å². The van der Waals surface area contributed by atoms with E-state index < -0.39 is 11.6 Å². The third kappa shape index (κ3) is 9.41. The van der Waals surface area contributed by atoms with Gasteiger partial charge in [-0.05, 0) is 56.5 Å². The van der Waals surface area contributed by atoms with Crippen LogP contribution in [0.4, 0.5) is 0 Å². The van der Waals surface area contributed by atoms with Gasteiger partial charge in [0.25, 0.3) is 0 Å². The monoisotopic (exact) mass is 556 g/mol. The second-order valence-electron chi connectivity index (χ2n) is 10.2. The molecule has 196 valence electrons. The molecule has 0 saturated carbocycles. The van der Waals surface area contributed by atoms with Gasteiger partial charge >= 0.3 is 0 Å². The van der Waals surface area contributed by atoms with Crippen LogP contribution in [-0.2, 0) is 28.3 Å². The van der Waals surface area contributed by atoms with Crippen LogP contribution in [0.5, 0.6) is 0 Å². The fourth-order valence-corrected chi connectivity index (χ4v) is 5.45. The Balaban J connectivity index is 1.87. The van der Waals surface area contributed by atoms with Crippen molar-refractivity contribution in [2.24, 2.45) is 0 Å². The Morgan fingerprint density at radius 1 is 0.946 bits per heavy atom. The zero-order valence-electron chi connectivity index (χ0n) is 21.8. The molecule has 2 amide bonds. The molecule has 0 aromatic heterocycles. The molecular formula is C30H34Cl2N2O2S. The SMILES string of the molecule is Cc1cccc(CN(C(=O)CSCc2ccc(Cl)cc2Cl)[C@@H](Cc2ccccc2)C(=O)NC(C)(C)C)c1. The molecule has 0 aliphatic carbocycles. The van der Waals surface area contributed by atoms with Crippen LogP contribution in [0.3, 0.4) is 0 Å².